The predicted octanol–water partition coefficient (Wildman–Crippen LogP) is 10.9. The summed E-state index contributed by atoms with van der Waals surface area (Å²) in [6, 6.07) is 26.6. The molecule has 2 saturated heterocycles. The van der Waals surface area contributed by atoms with Gasteiger partial charge in [0.2, 0.25) is 0 Å². The van der Waals surface area contributed by atoms with Gasteiger partial charge in [0.1, 0.15) is 5.69 Å². The van der Waals surface area contributed by atoms with Crippen LogP contribution >= 0.6 is 34.8 Å². The van der Waals surface area contributed by atoms with Crippen LogP contribution in [0.2, 0.25) is 15.1 Å². The van der Waals surface area contributed by atoms with E-state index in [1.165, 1.54) is 7.11 Å². The van der Waals surface area contributed by atoms with Gasteiger partial charge < -0.3 is 34.5 Å². The van der Waals surface area contributed by atoms with Gasteiger partial charge in [-0.2, -0.15) is 0 Å². The van der Waals surface area contributed by atoms with Gasteiger partial charge in [0.15, 0.2) is 0 Å². The lowest BCUT2D eigenvalue weighted by molar-refractivity contribution is 0.0499. The number of benzene rings is 4. The number of carbonyl (C=O) groups is 3. The predicted molar refractivity (Wildman–Crippen MR) is 235 cm³/mol. The summed E-state index contributed by atoms with van der Waals surface area (Å²) in [5.41, 5.74) is 6.97. The van der Waals surface area contributed by atoms with Gasteiger partial charge in [0.25, 0.3) is 5.91 Å². The highest BCUT2D eigenvalue weighted by Crippen LogP contribution is 2.44. The number of anilines is 2. The number of cyclic esters (lactones) is 1. The second-order valence-corrected chi connectivity index (χ2v) is 16.4. The number of aromatic nitrogens is 1. The molecule has 0 saturated carbocycles. The zero-order valence-corrected chi connectivity index (χ0v) is 35.0. The summed E-state index contributed by atoms with van der Waals surface area (Å²) in [5, 5.41) is 5.60. The molecule has 3 aliphatic heterocycles. The standard InChI is InChI=1S/C46H44Cl3N5O5/c1-28-8-6-19-53(27-31-11-13-32(47)25-36(31)49)43(40(28)29-9-4-3-5-10-29)41-35-15-14-33(48)26-37(35)50-42(41)44(55)51-38-24-30(45(56)58-2)12-16-39(38)52-21-17-34(18-22-52)54-20-7-23-59-46(54)57/h3-6,9-16,19,24-26,28,34,50H,7-8,17-18,20-23,27H2,1-2H3,(H,51,55). The van der Waals surface area contributed by atoms with Gasteiger partial charge in [0.05, 0.1) is 36.4 Å². The number of halogens is 3. The summed E-state index contributed by atoms with van der Waals surface area (Å²) in [7, 11) is 1.33. The number of ether oxygens (including phenoxy) is 2. The molecular weight excluding hydrogens is 809 g/mol. The highest BCUT2D eigenvalue weighted by atomic mass is 35.5. The van der Waals surface area contributed by atoms with Crippen LogP contribution in [0.3, 0.4) is 0 Å². The van der Waals surface area contributed by atoms with E-state index in [0.717, 1.165) is 59.2 Å². The van der Waals surface area contributed by atoms with Crippen molar-refractivity contribution in [3.8, 4) is 0 Å². The topological polar surface area (TPSA) is 107 Å². The summed E-state index contributed by atoms with van der Waals surface area (Å²) in [4.78, 5) is 50.2. The zero-order valence-electron chi connectivity index (χ0n) is 32.8. The number of hydrogen-bond acceptors (Lipinski definition) is 7. The summed E-state index contributed by atoms with van der Waals surface area (Å²) < 4.78 is 10.4. The lowest BCUT2D eigenvalue weighted by atomic mass is 9.87. The molecule has 0 radical (unpaired) electrons. The number of aromatic amines is 1. The fourth-order valence-electron chi connectivity index (χ4n) is 8.50. The number of hydrogen-bond donors (Lipinski definition) is 2. The largest absolute Gasteiger partial charge is 0.465 e. The summed E-state index contributed by atoms with van der Waals surface area (Å²) in [6.45, 7) is 4.97. The maximum atomic E-state index is 15.1. The molecule has 10 nitrogen and oxygen atoms in total. The van der Waals surface area contributed by atoms with Crippen molar-refractivity contribution in [3.05, 3.63) is 140 Å². The maximum Gasteiger partial charge on any atom is 0.410 e. The molecule has 13 heteroatoms. The molecule has 0 aliphatic carbocycles. The van der Waals surface area contributed by atoms with Crippen molar-refractivity contribution in [3.63, 3.8) is 0 Å². The summed E-state index contributed by atoms with van der Waals surface area (Å²) in [5.74, 6) is -0.879. The number of allylic oxidation sites excluding steroid dienone is 2. The molecule has 4 heterocycles. The van der Waals surface area contributed by atoms with Gasteiger partial charge in [-0.1, -0.05) is 90.3 Å². The van der Waals surface area contributed by atoms with Crippen molar-refractivity contribution >= 4 is 86.3 Å². The Labute approximate surface area is 358 Å². The highest BCUT2D eigenvalue weighted by Gasteiger charge is 2.33. The smallest absolute Gasteiger partial charge is 0.410 e. The van der Waals surface area contributed by atoms with Crippen LogP contribution in [0.5, 0.6) is 0 Å². The molecule has 0 bridgehead atoms. The molecule has 2 N–H and O–H groups in total. The van der Waals surface area contributed by atoms with E-state index < -0.39 is 11.9 Å². The first kappa shape index (κ1) is 40.4. The number of nitrogens with zero attached hydrogens (tertiary/aromatic N) is 3. The number of esters is 1. The molecule has 1 aromatic heterocycles. The van der Waals surface area contributed by atoms with E-state index in [1.54, 1.807) is 18.2 Å². The first-order valence-corrected chi connectivity index (χ1v) is 20.9. The van der Waals surface area contributed by atoms with E-state index in [9.17, 15) is 9.59 Å². The van der Waals surface area contributed by atoms with Gasteiger partial charge in [-0.25, -0.2) is 9.59 Å². The second-order valence-electron chi connectivity index (χ2n) is 15.1. The molecule has 1 atom stereocenters. The Morgan fingerprint density at radius 2 is 1.69 bits per heavy atom. The number of nitrogens with one attached hydrogen (secondary N) is 2. The fraction of sp³-hybridized carbons (Fsp3) is 0.283. The number of amides is 2. The van der Waals surface area contributed by atoms with Crippen LogP contribution in [0.25, 0.3) is 22.2 Å². The van der Waals surface area contributed by atoms with Crippen LogP contribution in [0, 0.1) is 5.92 Å². The van der Waals surface area contributed by atoms with Crippen LogP contribution in [0.4, 0.5) is 16.2 Å². The lowest BCUT2D eigenvalue weighted by Gasteiger charge is -2.40. The fourth-order valence-corrected chi connectivity index (χ4v) is 9.14. The van der Waals surface area contributed by atoms with E-state index in [2.05, 4.69) is 51.4 Å². The first-order chi connectivity index (χ1) is 28.6. The molecule has 2 fully saturated rings. The Morgan fingerprint density at radius 1 is 0.932 bits per heavy atom. The SMILES string of the molecule is COC(=O)c1ccc(N2CCC(N3CCCOC3=O)CC2)c(NC(=O)c2[nH]c3cc(Cl)ccc3c2C2=C(c3ccccc3)C(C)CC=CN2Cc2ccc(Cl)cc2Cl)c1. The van der Waals surface area contributed by atoms with Crippen molar-refractivity contribution < 1.29 is 23.9 Å². The molecule has 3 aliphatic rings. The molecule has 5 aromatic rings. The van der Waals surface area contributed by atoms with E-state index >= 15 is 4.79 Å². The number of H-pyrrole nitrogens is 1. The quantitative estimate of drug-likeness (QED) is 0.142. The van der Waals surface area contributed by atoms with Gasteiger partial charge in [0, 0.05) is 70.0 Å². The average Bonchev–Trinajstić information content (AvgIpc) is 3.53. The molecule has 304 valence electrons. The average molecular weight is 853 g/mol. The molecule has 1 unspecified atom stereocenters. The maximum absolute atomic E-state index is 15.1. The summed E-state index contributed by atoms with van der Waals surface area (Å²) >= 11 is 19.7. The Bertz CT molecular complexity index is 2480. The van der Waals surface area contributed by atoms with E-state index in [-0.39, 0.29) is 18.1 Å². The van der Waals surface area contributed by atoms with E-state index in [0.29, 0.717) is 75.9 Å². The van der Waals surface area contributed by atoms with Crippen LogP contribution in [0.1, 0.15) is 70.1 Å². The number of rotatable bonds is 9. The third kappa shape index (κ3) is 8.40. The van der Waals surface area contributed by atoms with Crippen molar-refractivity contribution in [1.82, 2.24) is 14.8 Å². The van der Waals surface area contributed by atoms with Crippen molar-refractivity contribution in [2.45, 2.75) is 45.2 Å². The Kier molecular flexibility index (Phi) is 11.9. The third-order valence-corrected chi connectivity index (χ3v) is 12.2. The lowest BCUT2D eigenvalue weighted by Crippen LogP contribution is -2.50. The number of piperidine rings is 1. The molecule has 59 heavy (non-hydrogen) atoms. The van der Waals surface area contributed by atoms with Crippen molar-refractivity contribution in [1.29, 1.82) is 0 Å². The number of methoxy groups -OCH3 is 1. The van der Waals surface area contributed by atoms with Crippen LogP contribution in [0.15, 0.2) is 97.2 Å². The minimum absolute atomic E-state index is 0.0561. The minimum atomic E-state index is -0.524. The molecule has 8 rings (SSSR count). The number of fused-ring (bicyclic) bond motifs is 1. The first-order valence-electron chi connectivity index (χ1n) is 19.8. The molecule has 2 amide bonds. The van der Waals surface area contributed by atoms with Crippen LogP contribution in [-0.2, 0) is 16.0 Å². The van der Waals surface area contributed by atoms with E-state index in [4.69, 9.17) is 44.3 Å². The zero-order chi connectivity index (χ0) is 41.2. The summed E-state index contributed by atoms with van der Waals surface area (Å²) in [6.07, 6.45) is 6.97. The Hall–Kier alpha value is -5.42. The monoisotopic (exact) mass is 851 g/mol. The molecular formula is C46H44Cl3N5O5. The number of carbonyl (C=O) groups excluding carboxylic acids is 3. The van der Waals surface area contributed by atoms with Crippen molar-refractivity contribution in [2.75, 3.05) is 43.6 Å². The molecule has 0 spiro atoms. The Morgan fingerprint density at radius 3 is 2.44 bits per heavy atom. The minimum Gasteiger partial charge on any atom is -0.465 e. The van der Waals surface area contributed by atoms with Crippen LogP contribution < -0.4 is 10.2 Å². The van der Waals surface area contributed by atoms with Gasteiger partial charge in [-0.3, -0.25) is 4.79 Å². The van der Waals surface area contributed by atoms with Crippen molar-refractivity contribution in [2.24, 2.45) is 5.92 Å². The second kappa shape index (κ2) is 17.4. The van der Waals surface area contributed by atoms with Gasteiger partial charge >= 0.3 is 12.1 Å². The third-order valence-electron chi connectivity index (χ3n) is 11.4. The van der Waals surface area contributed by atoms with Gasteiger partial charge in [-0.15, -0.1) is 0 Å². The highest BCUT2D eigenvalue weighted by molar-refractivity contribution is 6.35. The molecule has 4 aromatic carbocycles. The van der Waals surface area contributed by atoms with E-state index in [1.807, 2.05) is 59.5 Å². The van der Waals surface area contributed by atoms with Crippen LogP contribution in [-0.4, -0.2) is 72.1 Å². The Balaban J connectivity index is 1.24. The van der Waals surface area contributed by atoms with Gasteiger partial charge in [-0.05, 0) is 90.8 Å². The normalized spacial score (nSPS) is 17.6.